The largest absolute Gasteiger partial charge is 0.385 e. The fraction of sp³-hybridized carbons (Fsp3) is 0.500. The molecule has 20 heavy (non-hydrogen) atoms. The Hall–Kier alpha value is -1.11. The number of methoxy groups -OCH3 is 2. The Morgan fingerprint density at radius 3 is 2.65 bits per heavy atom. The smallest absolute Gasteiger partial charge is 0.321 e. The summed E-state index contributed by atoms with van der Waals surface area (Å²) in [7, 11) is 3.28. The highest BCUT2D eigenvalue weighted by Crippen LogP contribution is 2.16. The summed E-state index contributed by atoms with van der Waals surface area (Å²) in [6, 6.07) is 7.38. The number of rotatable bonds is 8. The second-order valence-corrected chi connectivity index (χ2v) is 5.18. The van der Waals surface area contributed by atoms with Gasteiger partial charge in [0, 0.05) is 44.1 Å². The number of nitrogens with one attached hydrogen (secondary N) is 1. The summed E-state index contributed by atoms with van der Waals surface area (Å²) in [5, 5.41) is 2.88. The van der Waals surface area contributed by atoms with Crippen LogP contribution in [0.5, 0.6) is 0 Å². The third-order valence-corrected chi connectivity index (χ3v) is 3.20. The van der Waals surface area contributed by atoms with Crippen molar-refractivity contribution in [3.8, 4) is 0 Å². The van der Waals surface area contributed by atoms with Crippen molar-refractivity contribution in [3.05, 3.63) is 28.7 Å². The minimum absolute atomic E-state index is 0.128. The van der Waals surface area contributed by atoms with Gasteiger partial charge < -0.3 is 19.7 Å². The number of hydrogen-bond donors (Lipinski definition) is 1. The number of ether oxygens (including phenoxy) is 2. The van der Waals surface area contributed by atoms with Gasteiger partial charge >= 0.3 is 6.03 Å². The predicted octanol–water partition coefficient (Wildman–Crippen LogP) is 2.97. The van der Waals surface area contributed by atoms with Crippen LogP contribution in [0.4, 0.5) is 10.5 Å². The molecule has 0 spiro atoms. The van der Waals surface area contributed by atoms with Crippen LogP contribution >= 0.6 is 15.9 Å². The highest BCUT2D eigenvalue weighted by molar-refractivity contribution is 9.10. The van der Waals surface area contributed by atoms with Crippen molar-refractivity contribution >= 4 is 27.6 Å². The molecule has 0 aliphatic rings. The van der Waals surface area contributed by atoms with E-state index in [2.05, 4.69) is 21.2 Å². The second-order valence-electron chi connectivity index (χ2n) is 4.27. The Labute approximate surface area is 128 Å². The summed E-state index contributed by atoms with van der Waals surface area (Å²) in [5.41, 5.74) is 0.763. The molecule has 1 rings (SSSR count). The molecule has 1 aromatic rings. The van der Waals surface area contributed by atoms with Gasteiger partial charge in [0.2, 0.25) is 0 Å². The number of hydrogen-bond acceptors (Lipinski definition) is 3. The molecule has 0 saturated heterocycles. The lowest BCUT2D eigenvalue weighted by Gasteiger charge is -2.22. The van der Waals surface area contributed by atoms with E-state index < -0.39 is 0 Å². The molecule has 0 aliphatic heterocycles. The molecule has 0 radical (unpaired) electrons. The molecule has 6 heteroatoms. The maximum atomic E-state index is 12.2. The Kier molecular flexibility index (Phi) is 8.25. The Morgan fingerprint density at radius 1 is 1.25 bits per heavy atom. The van der Waals surface area contributed by atoms with E-state index in [-0.39, 0.29) is 6.03 Å². The van der Waals surface area contributed by atoms with Gasteiger partial charge in [0.05, 0.1) is 6.61 Å². The number of amides is 2. The zero-order valence-electron chi connectivity index (χ0n) is 11.9. The Morgan fingerprint density at radius 2 is 2.00 bits per heavy atom. The number of nitrogens with zero attached hydrogens (tertiary/aromatic N) is 1. The molecule has 1 aromatic carbocycles. The normalized spacial score (nSPS) is 10.3. The van der Waals surface area contributed by atoms with Crippen molar-refractivity contribution in [1.29, 1.82) is 0 Å². The van der Waals surface area contributed by atoms with Crippen molar-refractivity contribution in [2.75, 3.05) is 45.8 Å². The van der Waals surface area contributed by atoms with Crippen LogP contribution in [0.25, 0.3) is 0 Å². The maximum Gasteiger partial charge on any atom is 0.321 e. The average Bonchev–Trinajstić information content (AvgIpc) is 2.42. The van der Waals surface area contributed by atoms with Gasteiger partial charge in [0.25, 0.3) is 0 Å². The zero-order chi connectivity index (χ0) is 14.8. The number of urea groups is 1. The molecule has 0 aromatic heterocycles. The first-order chi connectivity index (χ1) is 9.67. The van der Waals surface area contributed by atoms with E-state index in [1.165, 1.54) is 0 Å². The predicted molar refractivity (Wildman–Crippen MR) is 83.1 cm³/mol. The van der Waals surface area contributed by atoms with Crippen LogP contribution in [0.1, 0.15) is 6.42 Å². The fourth-order valence-corrected chi connectivity index (χ4v) is 2.08. The number of halogens is 1. The van der Waals surface area contributed by atoms with E-state index in [4.69, 9.17) is 9.47 Å². The molecule has 2 amide bonds. The van der Waals surface area contributed by atoms with Crippen LogP contribution in [0.3, 0.4) is 0 Å². The van der Waals surface area contributed by atoms with Crippen molar-refractivity contribution < 1.29 is 14.3 Å². The van der Waals surface area contributed by atoms with E-state index in [0.717, 1.165) is 16.6 Å². The fourth-order valence-electron chi connectivity index (χ4n) is 1.68. The van der Waals surface area contributed by atoms with Gasteiger partial charge in [0.1, 0.15) is 0 Å². The maximum absolute atomic E-state index is 12.2. The van der Waals surface area contributed by atoms with E-state index >= 15 is 0 Å². The molecule has 0 atom stereocenters. The molecular formula is C14H21BrN2O3. The molecule has 0 fully saturated rings. The quantitative estimate of drug-likeness (QED) is 0.737. The number of carbonyl (C=O) groups excluding carboxylic acids is 1. The third kappa shape index (κ3) is 6.36. The molecule has 0 saturated carbocycles. The van der Waals surface area contributed by atoms with Gasteiger partial charge in [-0.05, 0) is 24.6 Å². The molecule has 0 unspecified atom stereocenters. The lowest BCUT2D eigenvalue weighted by molar-refractivity contribution is 0.143. The van der Waals surface area contributed by atoms with Gasteiger partial charge in [-0.25, -0.2) is 4.79 Å². The first-order valence-electron chi connectivity index (χ1n) is 6.46. The molecule has 0 heterocycles. The van der Waals surface area contributed by atoms with Crippen LogP contribution in [0, 0.1) is 0 Å². The Balaban J connectivity index is 2.56. The number of anilines is 1. The minimum Gasteiger partial charge on any atom is -0.385 e. The van der Waals surface area contributed by atoms with E-state index in [0.29, 0.717) is 26.3 Å². The summed E-state index contributed by atoms with van der Waals surface area (Å²) in [5.74, 6) is 0. The first kappa shape index (κ1) is 16.9. The molecule has 1 N–H and O–H groups in total. The number of carbonyl (C=O) groups is 1. The van der Waals surface area contributed by atoms with Gasteiger partial charge in [-0.3, -0.25) is 0 Å². The summed E-state index contributed by atoms with van der Waals surface area (Å²) in [6.45, 7) is 2.34. The van der Waals surface area contributed by atoms with Crippen molar-refractivity contribution in [1.82, 2.24) is 4.90 Å². The third-order valence-electron chi connectivity index (χ3n) is 2.70. The van der Waals surface area contributed by atoms with Gasteiger partial charge in [-0.2, -0.15) is 0 Å². The van der Waals surface area contributed by atoms with E-state index in [1.807, 2.05) is 24.3 Å². The highest BCUT2D eigenvalue weighted by Gasteiger charge is 2.13. The molecule has 0 bridgehead atoms. The first-order valence-corrected chi connectivity index (χ1v) is 7.26. The molecular weight excluding hydrogens is 324 g/mol. The molecule has 5 nitrogen and oxygen atoms in total. The van der Waals surface area contributed by atoms with Crippen LogP contribution in [-0.4, -0.2) is 51.5 Å². The van der Waals surface area contributed by atoms with Crippen LogP contribution < -0.4 is 5.32 Å². The summed E-state index contributed by atoms with van der Waals surface area (Å²) in [4.78, 5) is 14.0. The summed E-state index contributed by atoms with van der Waals surface area (Å²) >= 11 is 3.38. The number of benzene rings is 1. The topological polar surface area (TPSA) is 50.8 Å². The highest BCUT2D eigenvalue weighted by atomic mass is 79.9. The lowest BCUT2D eigenvalue weighted by atomic mass is 10.3. The van der Waals surface area contributed by atoms with Crippen molar-refractivity contribution in [2.24, 2.45) is 0 Å². The zero-order valence-corrected chi connectivity index (χ0v) is 13.5. The SMILES string of the molecule is COCCCN(CCOC)C(=O)Nc1cccc(Br)c1. The van der Waals surface area contributed by atoms with E-state index in [9.17, 15) is 4.79 Å². The standard InChI is InChI=1S/C14H21BrN2O3/c1-19-9-4-7-17(8-10-20-2)14(18)16-13-6-3-5-12(15)11-13/h3,5-6,11H,4,7-10H2,1-2H3,(H,16,18). The van der Waals surface area contributed by atoms with Crippen molar-refractivity contribution in [2.45, 2.75) is 6.42 Å². The molecule has 112 valence electrons. The monoisotopic (exact) mass is 344 g/mol. The lowest BCUT2D eigenvalue weighted by Crippen LogP contribution is -2.38. The van der Waals surface area contributed by atoms with Gasteiger partial charge in [-0.1, -0.05) is 22.0 Å². The molecule has 0 aliphatic carbocycles. The van der Waals surface area contributed by atoms with Crippen LogP contribution in [-0.2, 0) is 9.47 Å². The van der Waals surface area contributed by atoms with Gasteiger partial charge in [0.15, 0.2) is 0 Å². The summed E-state index contributed by atoms with van der Waals surface area (Å²) < 4.78 is 11.0. The van der Waals surface area contributed by atoms with Gasteiger partial charge in [-0.15, -0.1) is 0 Å². The Bertz CT molecular complexity index is 415. The second kappa shape index (κ2) is 9.74. The van der Waals surface area contributed by atoms with E-state index in [1.54, 1.807) is 19.1 Å². The van der Waals surface area contributed by atoms with Crippen LogP contribution in [0.15, 0.2) is 28.7 Å². The average molecular weight is 345 g/mol. The minimum atomic E-state index is -0.128. The van der Waals surface area contributed by atoms with Crippen LogP contribution in [0.2, 0.25) is 0 Å². The summed E-state index contributed by atoms with van der Waals surface area (Å²) in [6.07, 6.45) is 0.798. The van der Waals surface area contributed by atoms with Crippen molar-refractivity contribution in [3.63, 3.8) is 0 Å².